The van der Waals surface area contributed by atoms with Gasteiger partial charge in [0.25, 0.3) is 0 Å². The van der Waals surface area contributed by atoms with Gasteiger partial charge in [-0.2, -0.15) is 0 Å². The SMILES string of the molecule is C[SiH](C)C1CCCCCCCCCCC1(C)C1=CC=CC1. The number of allylic oxidation sites excluding steroid dienone is 4. The Morgan fingerprint density at radius 2 is 1.57 bits per heavy atom. The summed E-state index contributed by atoms with van der Waals surface area (Å²) in [5.74, 6) is 0. The first kappa shape index (κ1) is 17.1. The second kappa shape index (κ2) is 8.36. The summed E-state index contributed by atoms with van der Waals surface area (Å²) in [6.07, 6.45) is 23.1. The zero-order chi connectivity index (χ0) is 15.1. The molecule has 2 aliphatic rings. The maximum absolute atomic E-state index is 2.62. The van der Waals surface area contributed by atoms with Crippen molar-refractivity contribution in [3.63, 3.8) is 0 Å². The van der Waals surface area contributed by atoms with Gasteiger partial charge in [0.15, 0.2) is 0 Å². The number of hydrogen-bond donors (Lipinski definition) is 0. The van der Waals surface area contributed by atoms with Crippen molar-refractivity contribution in [1.82, 2.24) is 0 Å². The molecule has 0 aliphatic heterocycles. The average Bonchev–Trinajstić information content (AvgIpc) is 2.97. The van der Waals surface area contributed by atoms with Gasteiger partial charge in [-0.25, -0.2) is 0 Å². The third-order valence-electron chi connectivity index (χ3n) is 6.09. The lowest BCUT2D eigenvalue weighted by molar-refractivity contribution is 0.296. The molecule has 1 fully saturated rings. The van der Waals surface area contributed by atoms with Crippen LogP contribution in [0.25, 0.3) is 0 Å². The van der Waals surface area contributed by atoms with Gasteiger partial charge < -0.3 is 0 Å². The van der Waals surface area contributed by atoms with E-state index < -0.39 is 8.80 Å². The summed E-state index contributed by atoms with van der Waals surface area (Å²) in [6.45, 7) is 7.81. The van der Waals surface area contributed by atoms with Gasteiger partial charge >= 0.3 is 0 Å². The van der Waals surface area contributed by atoms with E-state index in [0.717, 1.165) is 5.54 Å². The molecule has 0 aromatic heterocycles. The number of hydrogen-bond acceptors (Lipinski definition) is 0. The van der Waals surface area contributed by atoms with Gasteiger partial charge in [0.05, 0.1) is 0 Å². The highest BCUT2D eigenvalue weighted by Gasteiger charge is 2.38. The van der Waals surface area contributed by atoms with Gasteiger partial charge in [-0.05, 0) is 23.8 Å². The predicted octanol–water partition coefficient (Wildman–Crippen LogP) is 6.65. The molecule has 21 heavy (non-hydrogen) atoms. The molecule has 120 valence electrons. The van der Waals surface area contributed by atoms with E-state index in [-0.39, 0.29) is 0 Å². The summed E-state index contributed by atoms with van der Waals surface area (Å²) in [4.78, 5) is 0. The van der Waals surface area contributed by atoms with Crippen LogP contribution in [0.15, 0.2) is 23.8 Å². The van der Waals surface area contributed by atoms with Crippen molar-refractivity contribution in [1.29, 1.82) is 0 Å². The van der Waals surface area contributed by atoms with Crippen LogP contribution in [0.4, 0.5) is 0 Å². The standard InChI is InChI=1S/C20H36Si/c1-20(18-14-11-12-15-18)17-13-9-7-5-4-6-8-10-16-19(20)21(2)3/h11-12,14,19,21H,4-10,13,15-17H2,1-3H3. The van der Waals surface area contributed by atoms with E-state index in [1.54, 1.807) is 5.57 Å². The van der Waals surface area contributed by atoms with E-state index in [4.69, 9.17) is 0 Å². The van der Waals surface area contributed by atoms with E-state index in [2.05, 4.69) is 38.2 Å². The molecule has 2 rings (SSSR count). The predicted molar refractivity (Wildman–Crippen MR) is 98.7 cm³/mol. The third kappa shape index (κ3) is 4.58. The van der Waals surface area contributed by atoms with Crippen LogP contribution in [-0.2, 0) is 0 Å². The Hall–Kier alpha value is -0.303. The Kier molecular flexibility index (Phi) is 6.79. The summed E-state index contributed by atoms with van der Waals surface area (Å²) in [5.41, 5.74) is 3.26. The second-order valence-corrected chi connectivity index (χ2v) is 11.3. The maximum atomic E-state index is 2.62. The van der Waals surface area contributed by atoms with Crippen LogP contribution >= 0.6 is 0 Å². The van der Waals surface area contributed by atoms with Gasteiger partial charge in [-0.15, -0.1) is 0 Å². The molecule has 0 nitrogen and oxygen atoms in total. The van der Waals surface area contributed by atoms with Crippen molar-refractivity contribution in [2.45, 2.75) is 96.2 Å². The molecule has 2 unspecified atom stereocenters. The van der Waals surface area contributed by atoms with Crippen LogP contribution in [0.3, 0.4) is 0 Å². The lowest BCUT2D eigenvalue weighted by Gasteiger charge is -2.42. The molecule has 0 N–H and O–H groups in total. The Bertz CT molecular complexity index is 366. The highest BCUT2D eigenvalue weighted by molar-refractivity contribution is 6.57. The average molecular weight is 305 g/mol. The Morgan fingerprint density at radius 3 is 2.14 bits per heavy atom. The summed E-state index contributed by atoms with van der Waals surface area (Å²) in [6, 6.07) is 0. The Morgan fingerprint density at radius 1 is 0.952 bits per heavy atom. The molecule has 0 radical (unpaired) electrons. The number of rotatable bonds is 2. The molecule has 2 atom stereocenters. The quantitative estimate of drug-likeness (QED) is 0.501. The van der Waals surface area contributed by atoms with Crippen LogP contribution < -0.4 is 0 Å². The first-order chi connectivity index (χ1) is 10.1. The minimum atomic E-state index is -0.612. The fourth-order valence-electron chi connectivity index (χ4n) is 4.76. The lowest BCUT2D eigenvalue weighted by Crippen LogP contribution is -2.33. The van der Waals surface area contributed by atoms with Gasteiger partial charge in [-0.1, -0.05) is 102 Å². The van der Waals surface area contributed by atoms with E-state index in [1.165, 1.54) is 70.6 Å². The van der Waals surface area contributed by atoms with E-state index in [1.807, 2.05) is 0 Å². The van der Waals surface area contributed by atoms with Crippen LogP contribution in [0.1, 0.15) is 77.6 Å². The fourth-order valence-corrected chi connectivity index (χ4v) is 7.51. The second-order valence-electron chi connectivity index (χ2n) is 7.96. The van der Waals surface area contributed by atoms with Crippen LogP contribution in [0.5, 0.6) is 0 Å². The van der Waals surface area contributed by atoms with Crippen LogP contribution in [-0.4, -0.2) is 8.80 Å². The topological polar surface area (TPSA) is 0 Å². The Balaban J connectivity index is 2.14. The molecule has 0 bridgehead atoms. The smallest absolute Gasteiger partial charge is 0.0347 e. The van der Waals surface area contributed by atoms with Crippen LogP contribution in [0.2, 0.25) is 18.6 Å². The Labute approximate surface area is 134 Å². The van der Waals surface area contributed by atoms with E-state index in [9.17, 15) is 0 Å². The molecule has 1 saturated carbocycles. The van der Waals surface area contributed by atoms with Crippen molar-refractivity contribution in [2.24, 2.45) is 5.41 Å². The van der Waals surface area contributed by atoms with Gasteiger partial charge in [0.1, 0.15) is 0 Å². The van der Waals surface area contributed by atoms with E-state index >= 15 is 0 Å². The zero-order valence-electron chi connectivity index (χ0n) is 14.7. The van der Waals surface area contributed by atoms with Crippen LogP contribution in [0, 0.1) is 5.41 Å². The largest absolute Gasteiger partial charge is 0.0804 e. The van der Waals surface area contributed by atoms with Crippen molar-refractivity contribution < 1.29 is 0 Å². The zero-order valence-corrected chi connectivity index (χ0v) is 15.8. The molecule has 1 heteroatoms. The van der Waals surface area contributed by atoms with Gasteiger partial charge in [-0.3, -0.25) is 0 Å². The molecule has 0 heterocycles. The van der Waals surface area contributed by atoms with Gasteiger partial charge in [0, 0.05) is 8.80 Å². The molecule has 0 saturated heterocycles. The summed E-state index contributed by atoms with van der Waals surface area (Å²) in [7, 11) is -0.612. The first-order valence-electron chi connectivity index (χ1n) is 9.51. The summed E-state index contributed by atoms with van der Waals surface area (Å²) < 4.78 is 0. The minimum absolute atomic E-state index is 0.503. The maximum Gasteiger partial charge on any atom is 0.0347 e. The van der Waals surface area contributed by atoms with Crippen molar-refractivity contribution in [3.8, 4) is 0 Å². The highest BCUT2D eigenvalue weighted by Crippen LogP contribution is 2.50. The highest BCUT2D eigenvalue weighted by atomic mass is 28.3. The normalized spacial score (nSPS) is 32.6. The van der Waals surface area contributed by atoms with Crippen molar-refractivity contribution in [3.05, 3.63) is 23.8 Å². The first-order valence-corrected chi connectivity index (χ1v) is 12.5. The van der Waals surface area contributed by atoms with Gasteiger partial charge in [0.2, 0.25) is 0 Å². The summed E-state index contributed by atoms with van der Waals surface area (Å²) >= 11 is 0. The molecule has 0 amide bonds. The minimum Gasteiger partial charge on any atom is -0.0804 e. The van der Waals surface area contributed by atoms with Crippen molar-refractivity contribution >= 4 is 8.80 Å². The molecule has 0 aromatic carbocycles. The molecule has 0 spiro atoms. The molecular formula is C20H36Si. The molecule has 0 aromatic rings. The fraction of sp³-hybridized carbons (Fsp3) is 0.800. The summed E-state index contributed by atoms with van der Waals surface area (Å²) in [5, 5.41) is 0. The lowest BCUT2D eigenvalue weighted by atomic mass is 9.72. The van der Waals surface area contributed by atoms with E-state index in [0.29, 0.717) is 5.41 Å². The molecular weight excluding hydrogens is 268 g/mol. The third-order valence-corrected chi connectivity index (χ3v) is 8.77. The molecule has 2 aliphatic carbocycles. The van der Waals surface area contributed by atoms with Crippen molar-refractivity contribution in [2.75, 3.05) is 0 Å². The monoisotopic (exact) mass is 304 g/mol.